The molecular weight excluding hydrogens is 207 g/mol. The highest BCUT2D eigenvalue weighted by Gasteiger charge is 2.16. The van der Waals surface area contributed by atoms with Crippen LogP contribution >= 0.6 is 0 Å². The Morgan fingerprint density at radius 2 is 1.88 bits per heavy atom. The van der Waals surface area contributed by atoms with Crippen LogP contribution in [0.3, 0.4) is 0 Å². The summed E-state index contributed by atoms with van der Waals surface area (Å²) in [7, 11) is 0. The van der Waals surface area contributed by atoms with Crippen molar-refractivity contribution in [2.45, 2.75) is 32.6 Å². The van der Waals surface area contributed by atoms with Crippen molar-refractivity contribution in [2.75, 3.05) is 0 Å². The number of hydrogen-bond donors (Lipinski definition) is 1. The van der Waals surface area contributed by atoms with Gasteiger partial charge in [-0.1, -0.05) is 26.0 Å². The van der Waals surface area contributed by atoms with Gasteiger partial charge in [0.05, 0.1) is 6.42 Å². The molecule has 1 aromatic rings. The number of rotatable bonds is 5. The molecule has 1 unspecified atom stereocenters. The minimum atomic E-state index is -0.810. The lowest BCUT2D eigenvalue weighted by atomic mass is 9.88. The van der Waals surface area contributed by atoms with Gasteiger partial charge in [0.25, 0.3) is 0 Å². The summed E-state index contributed by atoms with van der Waals surface area (Å²) in [6.07, 6.45) is 0.905. The van der Waals surface area contributed by atoms with Gasteiger partial charge in [-0.2, -0.15) is 0 Å². The highest BCUT2D eigenvalue weighted by molar-refractivity contribution is 5.68. The molecule has 16 heavy (non-hydrogen) atoms. The van der Waals surface area contributed by atoms with E-state index in [1.54, 1.807) is 12.1 Å². The molecule has 0 amide bonds. The molecule has 1 aromatic carbocycles. The van der Waals surface area contributed by atoms with Crippen LogP contribution in [-0.2, 0) is 4.79 Å². The van der Waals surface area contributed by atoms with Crippen LogP contribution in [0.2, 0.25) is 0 Å². The van der Waals surface area contributed by atoms with Crippen molar-refractivity contribution in [2.24, 2.45) is 5.92 Å². The van der Waals surface area contributed by atoms with Crippen molar-refractivity contribution in [1.82, 2.24) is 0 Å². The summed E-state index contributed by atoms with van der Waals surface area (Å²) >= 11 is 0. The standard InChI is InChI=1S/C13H17FO2/c1-9(2)7-11(8-13(15)16)10-3-5-12(14)6-4-10/h3-6,9,11H,7-8H2,1-2H3,(H,15,16). The maximum absolute atomic E-state index is 12.8. The van der Waals surface area contributed by atoms with Crippen LogP contribution in [0.1, 0.15) is 38.2 Å². The average molecular weight is 224 g/mol. The van der Waals surface area contributed by atoms with E-state index in [-0.39, 0.29) is 18.2 Å². The third-order valence-corrected chi connectivity index (χ3v) is 2.52. The van der Waals surface area contributed by atoms with Gasteiger partial charge >= 0.3 is 5.97 Å². The van der Waals surface area contributed by atoms with Gasteiger partial charge in [0, 0.05) is 0 Å². The van der Waals surface area contributed by atoms with E-state index in [1.807, 2.05) is 0 Å². The second kappa shape index (κ2) is 5.64. The second-order valence-electron chi connectivity index (χ2n) is 4.48. The van der Waals surface area contributed by atoms with Crippen molar-refractivity contribution >= 4 is 5.97 Å². The first-order valence-corrected chi connectivity index (χ1v) is 5.46. The molecule has 0 heterocycles. The topological polar surface area (TPSA) is 37.3 Å². The van der Waals surface area contributed by atoms with Gasteiger partial charge in [-0.3, -0.25) is 4.79 Å². The third-order valence-electron chi connectivity index (χ3n) is 2.52. The normalized spacial score (nSPS) is 12.8. The zero-order valence-corrected chi connectivity index (χ0v) is 9.61. The monoisotopic (exact) mass is 224 g/mol. The van der Waals surface area contributed by atoms with E-state index in [0.29, 0.717) is 5.92 Å². The van der Waals surface area contributed by atoms with Crippen LogP contribution in [0, 0.1) is 11.7 Å². The van der Waals surface area contributed by atoms with E-state index in [2.05, 4.69) is 13.8 Å². The molecule has 3 heteroatoms. The molecule has 2 nitrogen and oxygen atoms in total. The molecule has 0 aliphatic rings. The lowest BCUT2D eigenvalue weighted by Gasteiger charge is -2.17. The van der Waals surface area contributed by atoms with E-state index in [1.165, 1.54) is 12.1 Å². The third kappa shape index (κ3) is 4.01. The molecule has 0 aromatic heterocycles. The lowest BCUT2D eigenvalue weighted by Crippen LogP contribution is -2.09. The zero-order valence-electron chi connectivity index (χ0n) is 9.61. The number of benzene rings is 1. The Labute approximate surface area is 95.1 Å². The number of hydrogen-bond acceptors (Lipinski definition) is 1. The van der Waals surface area contributed by atoms with E-state index >= 15 is 0 Å². The fourth-order valence-corrected chi connectivity index (χ4v) is 1.85. The molecule has 0 bridgehead atoms. The number of aliphatic carboxylic acids is 1. The highest BCUT2D eigenvalue weighted by Crippen LogP contribution is 2.27. The maximum Gasteiger partial charge on any atom is 0.303 e. The van der Waals surface area contributed by atoms with Gasteiger partial charge < -0.3 is 5.11 Å². The summed E-state index contributed by atoms with van der Waals surface area (Å²) in [5.74, 6) is -0.704. The molecule has 88 valence electrons. The van der Waals surface area contributed by atoms with Crippen LogP contribution in [0.5, 0.6) is 0 Å². The first-order valence-electron chi connectivity index (χ1n) is 5.46. The summed E-state index contributed by atoms with van der Waals surface area (Å²) in [6.45, 7) is 4.11. The van der Waals surface area contributed by atoms with Gasteiger partial charge in [0.2, 0.25) is 0 Å². The minimum absolute atomic E-state index is 0.0295. The summed E-state index contributed by atoms with van der Waals surface area (Å²) < 4.78 is 12.8. The van der Waals surface area contributed by atoms with Crippen molar-refractivity contribution in [1.29, 1.82) is 0 Å². The predicted octanol–water partition coefficient (Wildman–Crippen LogP) is 3.43. The Morgan fingerprint density at radius 3 is 2.31 bits per heavy atom. The molecule has 0 saturated heterocycles. The summed E-state index contributed by atoms with van der Waals surface area (Å²) in [6, 6.07) is 6.10. The van der Waals surface area contributed by atoms with Gasteiger partial charge in [-0.05, 0) is 36.0 Å². The molecule has 0 radical (unpaired) electrons. The second-order valence-corrected chi connectivity index (χ2v) is 4.48. The van der Waals surface area contributed by atoms with Crippen LogP contribution in [0.15, 0.2) is 24.3 Å². The first kappa shape index (κ1) is 12.7. The predicted molar refractivity (Wildman–Crippen MR) is 60.8 cm³/mol. The quantitative estimate of drug-likeness (QED) is 0.832. The van der Waals surface area contributed by atoms with E-state index in [4.69, 9.17) is 5.11 Å². The summed E-state index contributed by atoms with van der Waals surface area (Å²) in [4.78, 5) is 10.8. The summed E-state index contributed by atoms with van der Waals surface area (Å²) in [5, 5.41) is 8.84. The number of carbonyl (C=O) groups is 1. The molecular formula is C13H17FO2. The van der Waals surface area contributed by atoms with Crippen molar-refractivity contribution < 1.29 is 14.3 Å². The number of carboxylic acids is 1. The Bertz CT molecular complexity index is 343. The van der Waals surface area contributed by atoms with E-state index < -0.39 is 5.97 Å². The first-order chi connectivity index (χ1) is 7.49. The van der Waals surface area contributed by atoms with E-state index in [0.717, 1.165) is 12.0 Å². The Morgan fingerprint density at radius 1 is 1.31 bits per heavy atom. The fourth-order valence-electron chi connectivity index (χ4n) is 1.85. The van der Waals surface area contributed by atoms with Crippen LogP contribution in [0.4, 0.5) is 4.39 Å². The summed E-state index contributed by atoms with van der Waals surface area (Å²) in [5.41, 5.74) is 0.900. The average Bonchev–Trinajstić information content (AvgIpc) is 2.16. The minimum Gasteiger partial charge on any atom is -0.481 e. The molecule has 1 atom stereocenters. The molecule has 0 saturated carbocycles. The van der Waals surface area contributed by atoms with Crippen LogP contribution in [-0.4, -0.2) is 11.1 Å². The van der Waals surface area contributed by atoms with Crippen LogP contribution in [0.25, 0.3) is 0 Å². The Kier molecular flexibility index (Phi) is 4.47. The molecule has 0 aliphatic carbocycles. The molecule has 0 spiro atoms. The van der Waals surface area contributed by atoms with E-state index in [9.17, 15) is 9.18 Å². The van der Waals surface area contributed by atoms with Gasteiger partial charge in [-0.25, -0.2) is 4.39 Å². The number of carboxylic acid groups (broad SMARTS) is 1. The largest absolute Gasteiger partial charge is 0.481 e. The van der Waals surface area contributed by atoms with Crippen LogP contribution < -0.4 is 0 Å². The van der Waals surface area contributed by atoms with Gasteiger partial charge in [0.1, 0.15) is 5.82 Å². The van der Waals surface area contributed by atoms with Crippen molar-refractivity contribution in [3.8, 4) is 0 Å². The smallest absolute Gasteiger partial charge is 0.303 e. The number of halogens is 1. The highest BCUT2D eigenvalue weighted by atomic mass is 19.1. The maximum atomic E-state index is 12.8. The Hall–Kier alpha value is -1.38. The zero-order chi connectivity index (χ0) is 12.1. The lowest BCUT2D eigenvalue weighted by molar-refractivity contribution is -0.137. The molecule has 1 N–H and O–H groups in total. The Balaban J connectivity index is 2.82. The SMILES string of the molecule is CC(C)CC(CC(=O)O)c1ccc(F)cc1. The van der Waals surface area contributed by atoms with Crippen molar-refractivity contribution in [3.05, 3.63) is 35.6 Å². The van der Waals surface area contributed by atoms with Gasteiger partial charge in [-0.15, -0.1) is 0 Å². The van der Waals surface area contributed by atoms with Gasteiger partial charge in [0.15, 0.2) is 0 Å². The molecule has 1 rings (SSSR count). The fraction of sp³-hybridized carbons (Fsp3) is 0.462. The molecule has 0 aliphatic heterocycles. The van der Waals surface area contributed by atoms with Crippen molar-refractivity contribution in [3.63, 3.8) is 0 Å². The molecule has 0 fully saturated rings.